The summed E-state index contributed by atoms with van der Waals surface area (Å²) in [7, 11) is 0. The van der Waals surface area contributed by atoms with Gasteiger partial charge in [-0.25, -0.2) is 0 Å². The normalized spacial score (nSPS) is 10.0. The van der Waals surface area contributed by atoms with Crippen LogP contribution in [0.25, 0.3) is 0 Å². The Labute approximate surface area is 97.7 Å². The Bertz CT molecular complexity index is 439. The minimum Gasteiger partial charge on any atom is -0.486 e. The summed E-state index contributed by atoms with van der Waals surface area (Å²) in [5.41, 5.74) is 1.72. The summed E-state index contributed by atoms with van der Waals surface area (Å²) in [5.74, 6) is 0.785. The van der Waals surface area contributed by atoms with Crippen LogP contribution in [0.2, 0.25) is 0 Å². The third-order valence-corrected chi connectivity index (χ3v) is 2.78. The third kappa shape index (κ3) is 3.17. The standard InChI is InChI=1S/C12H11NO2S/c14-10(6-12-7-13-9-16-12)8-15-11-4-2-1-3-5-11/h1-5,7,9H,6,8H2. The molecule has 0 saturated heterocycles. The van der Waals surface area contributed by atoms with Crippen LogP contribution in [0.5, 0.6) is 5.75 Å². The molecule has 0 saturated carbocycles. The van der Waals surface area contributed by atoms with Crippen molar-refractivity contribution in [1.82, 2.24) is 4.98 Å². The van der Waals surface area contributed by atoms with Crippen LogP contribution in [-0.4, -0.2) is 17.4 Å². The van der Waals surface area contributed by atoms with Gasteiger partial charge in [0.1, 0.15) is 12.4 Å². The van der Waals surface area contributed by atoms with Gasteiger partial charge in [0, 0.05) is 17.5 Å². The maximum absolute atomic E-state index is 11.5. The van der Waals surface area contributed by atoms with E-state index in [4.69, 9.17) is 4.74 Å². The fraction of sp³-hybridized carbons (Fsp3) is 0.167. The van der Waals surface area contributed by atoms with Crippen molar-refractivity contribution >= 4 is 17.1 Å². The Hall–Kier alpha value is -1.68. The molecule has 0 aliphatic heterocycles. The molecule has 0 unspecified atom stereocenters. The van der Waals surface area contributed by atoms with E-state index in [-0.39, 0.29) is 12.4 Å². The van der Waals surface area contributed by atoms with Gasteiger partial charge < -0.3 is 4.74 Å². The van der Waals surface area contributed by atoms with Crippen molar-refractivity contribution in [2.75, 3.05) is 6.61 Å². The van der Waals surface area contributed by atoms with Gasteiger partial charge >= 0.3 is 0 Å². The molecule has 16 heavy (non-hydrogen) atoms. The zero-order valence-corrected chi connectivity index (χ0v) is 9.44. The first kappa shape index (κ1) is 10.8. The number of thiazole rings is 1. The molecule has 0 amide bonds. The molecular weight excluding hydrogens is 222 g/mol. The monoisotopic (exact) mass is 233 g/mol. The summed E-state index contributed by atoms with van der Waals surface area (Å²) in [4.78, 5) is 16.4. The Morgan fingerprint density at radius 2 is 2.12 bits per heavy atom. The molecule has 0 N–H and O–H groups in total. The average molecular weight is 233 g/mol. The Balaban J connectivity index is 1.80. The highest BCUT2D eigenvalue weighted by molar-refractivity contribution is 7.09. The van der Waals surface area contributed by atoms with Crippen LogP contribution in [0, 0.1) is 0 Å². The van der Waals surface area contributed by atoms with E-state index in [0.717, 1.165) is 10.6 Å². The molecular formula is C12H11NO2S. The van der Waals surface area contributed by atoms with E-state index in [1.54, 1.807) is 11.7 Å². The van der Waals surface area contributed by atoms with Crippen molar-refractivity contribution in [1.29, 1.82) is 0 Å². The van der Waals surface area contributed by atoms with Crippen molar-refractivity contribution in [3.63, 3.8) is 0 Å². The van der Waals surface area contributed by atoms with Crippen LogP contribution in [0.3, 0.4) is 0 Å². The molecule has 1 heterocycles. The van der Waals surface area contributed by atoms with Crippen molar-refractivity contribution in [2.45, 2.75) is 6.42 Å². The molecule has 82 valence electrons. The number of ketones is 1. The molecule has 0 fully saturated rings. The van der Waals surface area contributed by atoms with Gasteiger partial charge in [-0.15, -0.1) is 11.3 Å². The Morgan fingerprint density at radius 1 is 1.31 bits per heavy atom. The highest BCUT2D eigenvalue weighted by Gasteiger charge is 2.05. The molecule has 0 spiro atoms. The van der Waals surface area contributed by atoms with Crippen LogP contribution in [0.1, 0.15) is 4.88 Å². The van der Waals surface area contributed by atoms with Gasteiger partial charge in [0.25, 0.3) is 0 Å². The average Bonchev–Trinajstić information content (AvgIpc) is 2.81. The lowest BCUT2D eigenvalue weighted by molar-refractivity contribution is -0.120. The molecule has 3 nitrogen and oxygen atoms in total. The number of benzene rings is 1. The van der Waals surface area contributed by atoms with Gasteiger partial charge in [-0.1, -0.05) is 18.2 Å². The fourth-order valence-corrected chi connectivity index (χ4v) is 1.88. The lowest BCUT2D eigenvalue weighted by atomic mass is 10.3. The van der Waals surface area contributed by atoms with E-state index in [0.29, 0.717) is 6.42 Å². The lowest BCUT2D eigenvalue weighted by Gasteiger charge is -2.03. The van der Waals surface area contributed by atoms with E-state index in [1.165, 1.54) is 11.3 Å². The van der Waals surface area contributed by atoms with Crippen molar-refractivity contribution < 1.29 is 9.53 Å². The molecule has 0 radical (unpaired) electrons. The molecule has 0 aliphatic rings. The van der Waals surface area contributed by atoms with Crippen molar-refractivity contribution in [3.05, 3.63) is 46.9 Å². The second kappa shape index (κ2) is 5.42. The highest BCUT2D eigenvalue weighted by Crippen LogP contribution is 2.10. The van der Waals surface area contributed by atoms with E-state index >= 15 is 0 Å². The first-order valence-electron chi connectivity index (χ1n) is 4.91. The number of aromatic nitrogens is 1. The van der Waals surface area contributed by atoms with E-state index in [1.807, 2.05) is 30.3 Å². The number of carbonyl (C=O) groups excluding carboxylic acids is 1. The molecule has 4 heteroatoms. The number of para-hydroxylation sites is 1. The maximum Gasteiger partial charge on any atom is 0.175 e. The summed E-state index contributed by atoms with van der Waals surface area (Å²) < 4.78 is 5.35. The summed E-state index contributed by atoms with van der Waals surface area (Å²) in [6.07, 6.45) is 2.11. The fourth-order valence-electron chi connectivity index (χ4n) is 1.26. The molecule has 0 bridgehead atoms. The highest BCUT2D eigenvalue weighted by atomic mass is 32.1. The Morgan fingerprint density at radius 3 is 2.81 bits per heavy atom. The largest absolute Gasteiger partial charge is 0.486 e. The van der Waals surface area contributed by atoms with Gasteiger partial charge in [0.2, 0.25) is 0 Å². The van der Waals surface area contributed by atoms with Gasteiger partial charge in [-0.2, -0.15) is 0 Å². The molecule has 2 rings (SSSR count). The molecule has 2 aromatic rings. The quantitative estimate of drug-likeness (QED) is 0.795. The van der Waals surface area contributed by atoms with Gasteiger partial charge in [-0.3, -0.25) is 9.78 Å². The number of ether oxygens (including phenoxy) is 1. The predicted octanol–water partition coefficient (Wildman–Crippen LogP) is 2.33. The first-order valence-corrected chi connectivity index (χ1v) is 5.79. The number of carbonyl (C=O) groups is 1. The second-order valence-corrected chi connectivity index (χ2v) is 4.26. The maximum atomic E-state index is 11.5. The van der Waals surface area contributed by atoms with Crippen LogP contribution in [-0.2, 0) is 11.2 Å². The summed E-state index contributed by atoms with van der Waals surface area (Å²) in [6.45, 7) is 0.113. The Kier molecular flexibility index (Phi) is 3.66. The molecule has 1 aromatic heterocycles. The second-order valence-electron chi connectivity index (χ2n) is 3.28. The lowest BCUT2D eigenvalue weighted by Crippen LogP contribution is -2.13. The van der Waals surface area contributed by atoms with Gasteiger partial charge in [-0.05, 0) is 12.1 Å². The first-order chi connectivity index (χ1) is 7.84. The number of Topliss-reactive ketones (excluding diaryl/α,β-unsaturated/α-hetero) is 1. The van der Waals surface area contributed by atoms with Crippen LogP contribution >= 0.6 is 11.3 Å². The summed E-state index contributed by atoms with van der Waals surface area (Å²) in [6, 6.07) is 9.33. The molecule has 1 aromatic carbocycles. The molecule has 0 aliphatic carbocycles. The number of hydrogen-bond donors (Lipinski definition) is 0. The van der Waals surface area contributed by atoms with Gasteiger partial charge in [0.15, 0.2) is 5.78 Å². The molecule has 0 atom stereocenters. The van der Waals surface area contributed by atoms with Crippen molar-refractivity contribution in [3.8, 4) is 5.75 Å². The van der Waals surface area contributed by atoms with E-state index in [9.17, 15) is 4.79 Å². The topological polar surface area (TPSA) is 39.2 Å². The van der Waals surface area contributed by atoms with Crippen LogP contribution in [0.4, 0.5) is 0 Å². The summed E-state index contributed by atoms with van der Waals surface area (Å²) in [5, 5.41) is 0. The van der Waals surface area contributed by atoms with E-state index in [2.05, 4.69) is 4.98 Å². The minimum absolute atomic E-state index is 0.0631. The zero-order chi connectivity index (χ0) is 11.2. The number of hydrogen-bond acceptors (Lipinski definition) is 4. The van der Waals surface area contributed by atoms with Crippen molar-refractivity contribution in [2.24, 2.45) is 0 Å². The minimum atomic E-state index is 0.0631. The summed E-state index contributed by atoms with van der Waals surface area (Å²) >= 11 is 1.49. The van der Waals surface area contributed by atoms with Gasteiger partial charge in [0.05, 0.1) is 5.51 Å². The van der Waals surface area contributed by atoms with Crippen LogP contribution in [0.15, 0.2) is 42.0 Å². The number of nitrogens with zero attached hydrogens (tertiary/aromatic N) is 1. The van der Waals surface area contributed by atoms with E-state index < -0.39 is 0 Å². The zero-order valence-electron chi connectivity index (χ0n) is 8.63. The van der Waals surface area contributed by atoms with Crippen LogP contribution < -0.4 is 4.74 Å². The SMILES string of the molecule is O=C(COc1ccccc1)Cc1cncs1. The third-order valence-electron chi connectivity index (χ3n) is 2.00. The number of rotatable bonds is 5. The smallest absolute Gasteiger partial charge is 0.175 e. The predicted molar refractivity (Wildman–Crippen MR) is 62.8 cm³/mol.